The van der Waals surface area contributed by atoms with Crippen molar-refractivity contribution in [1.29, 1.82) is 0 Å². The van der Waals surface area contributed by atoms with Crippen molar-refractivity contribution in [3.05, 3.63) is 30.1 Å². The Balaban J connectivity index is 1.94. The van der Waals surface area contributed by atoms with Gasteiger partial charge in [-0.3, -0.25) is 19.9 Å². The smallest absolute Gasteiger partial charge is 0.321 e. The van der Waals surface area contributed by atoms with E-state index >= 15 is 0 Å². The van der Waals surface area contributed by atoms with Crippen LogP contribution in [0, 0.1) is 5.92 Å². The maximum absolute atomic E-state index is 12.6. The molecule has 0 aliphatic carbocycles. The number of ether oxygens (including phenoxy) is 2. The number of guanidine groups is 1. The minimum atomic E-state index is -1.01. The maximum Gasteiger partial charge on any atom is 0.321 e. The van der Waals surface area contributed by atoms with E-state index in [1.165, 1.54) is 0 Å². The minimum Gasteiger partial charge on any atom is -0.465 e. The number of amides is 1. The summed E-state index contributed by atoms with van der Waals surface area (Å²) in [6, 6.07) is 2.92. The average Bonchev–Trinajstić information content (AvgIpc) is 2.62. The van der Waals surface area contributed by atoms with Gasteiger partial charge in [-0.15, -0.1) is 0 Å². The van der Waals surface area contributed by atoms with E-state index in [0.717, 1.165) is 0 Å². The van der Waals surface area contributed by atoms with Crippen LogP contribution in [-0.2, 0) is 19.1 Å². The Labute approximate surface area is 139 Å². The lowest BCUT2D eigenvalue weighted by Gasteiger charge is -2.35. The molecule has 1 amide bonds. The SMILES string of the molecule is CCOC(=O)[C@H]1C(=O)NC(N2CCOCC2)=N[C@H]1c1cccnc1. The Morgan fingerprint density at radius 2 is 2.25 bits per heavy atom. The Bertz CT molecular complexity index is 628. The van der Waals surface area contributed by atoms with Gasteiger partial charge in [-0.1, -0.05) is 6.07 Å². The molecule has 0 radical (unpaired) electrons. The molecule has 3 rings (SSSR count). The molecule has 2 aliphatic rings. The van der Waals surface area contributed by atoms with E-state index in [9.17, 15) is 9.59 Å². The first kappa shape index (κ1) is 16.4. The Morgan fingerprint density at radius 1 is 1.46 bits per heavy atom. The fourth-order valence-corrected chi connectivity index (χ4v) is 2.79. The molecule has 24 heavy (non-hydrogen) atoms. The molecular weight excluding hydrogens is 312 g/mol. The van der Waals surface area contributed by atoms with Crippen LogP contribution in [0.1, 0.15) is 18.5 Å². The van der Waals surface area contributed by atoms with Crippen LogP contribution < -0.4 is 5.32 Å². The number of carbonyl (C=O) groups is 2. The van der Waals surface area contributed by atoms with Crippen molar-refractivity contribution in [2.45, 2.75) is 13.0 Å². The predicted octanol–water partition coefficient (Wildman–Crippen LogP) is 0.120. The van der Waals surface area contributed by atoms with E-state index in [1.54, 1.807) is 25.4 Å². The van der Waals surface area contributed by atoms with E-state index in [2.05, 4.69) is 15.3 Å². The molecule has 0 saturated carbocycles. The van der Waals surface area contributed by atoms with Crippen LogP contribution in [-0.4, -0.2) is 60.6 Å². The summed E-state index contributed by atoms with van der Waals surface area (Å²) in [6.07, 6.45) is 3.26. The standard InChI is InChI=1S/C16H20N4O4/c1-2-24-15(22)12-13(11-4-3-5-17-10-11)18-16(19-14(12)21)20-6-8-23-9-7-20/h3-5,10,12-13H,2,6-9H2,1H3,(H,18,19,21)/t12-,13+/m1/s1. The van der Waals surface area contributed by atoms with Crippen molar-refractivity contribution >= 4 is 17.8 Å². The topological polar surface area (TPSA) is 93.1 Å². The second kappa shape index (κ2) is 7.39. The molecule has 3 heterocycles. The molecule has 8 heteroatoms. The summed E-state index contributed by atoms with van der Waals surface area (Å²) in [7, 11) is 0. The average molecular weight is 332 g/mol. The summed E-state index contributed by atoms with van der Waals surface area (Å²) in [5.74, 6) is -1.52. The Hall–Kier alpha value is -2.48. The van der Waals surface area contributed by atoms with Gasteiger partial charge >= 0.3 is 5.97 Å². The number of aliphatic imine (C=N–C) groups is 1. The van der Waals surface area contributed by atoms with Gasteiger partial charge in [0.1, 0.15) is 6.04 Å². The Kier molecular flexibility index (Phi) is 5.05. The van der Waals surface area contributed by atoms with Gasteiger partial charge in [-0.2, -0.15) is 0 Å². The molecule has 1 fully saturated rings. The normalized spacial score (nSPS) is 24.1. The third kappa shape index (κ3) is 3.38. The zero-order valence-corrected chi connectivity index (χ0v) is 13.5. The van der Waals surface area contributed by atoms with E-state index in [0.29, 0.717) is 37.8 Å². The minimum absolute atomic E-state index is 0.211. The molecule has 0 bridgehead atoms. The van der Waals surface area contributed by atoms with Crippen molar-refractivity contribution in [3.63, 3.8) is 0 Å². The maximum atomic E-state index is 12.6. The number of carbonyl (C=O) groups excluding carboxylic acids is 2. The largest absolute Gasteiger partial charge is 0.465 e. The fraction of sp³-hybridized carbons (Fsp3) is 0.500. The van der Waals surface area contributed by atoms with Crippen LogP contribution in [0.15, 0.2) is 29.5 Å². The van der Waals surface area contributed by atoms with Crippen molar-refractivity contribution in [2.24, 2.45) is 10.9 Å². The summed E-state index contributed by atoms with van der Waals surface area (Å²) >= 11 is 0. The molecule has 1 N–H and O–H groups in total. The molecule has 2 atom stereocenters. The lowest BCUT2D eigenvalue weighted by atomic mass is 9.92. The highest BCUT2D eigenvalue weighted by atomic mass is 16.5. The summed E-state index contributed by atoms with van der Waals surface area (Å²) in [5.41, 5.74) is 0.705. The second-order valence-electron chi connectivity index (χ2n) is 5.50. The molecule has 1 aromatic heterocycles. The summed E-state index contributed by atoms with van der Waals surface area (Å²) in [4.78, 5) is 35.5. The van der Waals surface area contributed by atoms with Gasteiger partial charge in [0.05, 0.1) is 19.8 Å². The van der Waals surface area contributed by atoms with Crippen molar-refractivity contribution in [2.75, 3.05) is 32.9 Å². The third-order valence-corrected chi connectivity index (χ3v) is 3.97. The van der Waals surface area contributed by atoms with Crippen LogP contribution >= 0.6 is 0 Å². The van der Waals surface area contributed by atoms with Gasteiger partial charge in [0.15, 0.2) is 5.92 Å². The zero-order chi connectivity index (χ0) is 16.9. The highest BCUT2D eigenvalue weighted by molar-refractivity contribution is 6.08. The molecule has 128 valence electrons. The summed E-state index contributed by atoms with van der Waals surface area (Å²) in [6.45, 7) is 4.36. The molecule has 1 aromatic rings. The first-order valence-electron chi connectivity index (χ1n) is 7.98. The van der Waals surface area contributed by atoms with Crippen molar-refractivity contribution < 1.29 is 19.1 Å². The number of nitrogens with zero attached hydrogens (tertiary/aromatic N) is 3. The van der Waals surface area contributed by atoms with Crippen molar-refractivity contribution in [1.82, 2.24) is 15.2 Å². The lowest BCUT2D eigenvalue weighted by molar-refractivity contribution is -0.153. The third-order valence-electron chi connectivity index (χ3n) is 3.97. The van der Waals surface area contributed by atoms with Crippen LogP contribution in [0.5, 0.6) is 0 Å². The Morgan fingerprint density at radius 3 is 2.92 bits per heavy atom. The summed E-state index contributed by atoms with van der Waals surface area (Å²) < 4.78 is 10.4. The quantitative estimate of drug-likeness (QED) is 0.624. The van der Waals surface area contributed by atoms with Gasteiger partial charge in [-0.05, 0) is 18.6 Å². The number of hydrogen-bond acceptors (Lipinski definition) is 7. The zero-order valence-electron chi connectivity index (χ0n) is 13.5. The van der Waals surface area contributed by atoms with Gasteiger partial charge in [0, 0.05) is 25.5 Å². The molecule has 2 aliphatic heterocycles. The van der Waals surface area contributed by atoms with E-state index < -0.39 is 23.8 Å². The molecule has 0 unspecified atom stereocenters. The lowest BCUT2D eigenvalue weighted by Crippen LogP contribution is -2.55. The van der Waals surface area contributed by atoms with Crippen LogP contribution in [0.4, 0.5) is 0 Å². The van der Waals surface area contributed by atoms with E-state index in [-0.39, 0.29) is 6.61 Å². The predicted molar refractivity (Wildman–Crippen MR) is 85.1 cm³/mol. The first-order chi connectivity index (χ1) is 11.7. The molecule has 8 nitrogen and oxygen atoms in total. The number of aromatic nitrogens is 1. The van der Waals surface area contributed by atoms with E-state index in [1.807, 2.05) is 11.0 Å². The fourth-order valence-electron chi connectivity index (χ4n) is 2.79. The van der Waals surface area contributed by atoms with Gasteiger partial charge < -0.3 is 14.4 Å². The van der Waals surface area contributed by atoms with Crippen molar-refractivity contribution in [3.8, 4) is 0 Å². The number of esters is 1. The highest BCUT2D eigenvalue weighted by Crippen LogP contribution is 2.30. The van der Waals surface area contributed by atoms with Crippen LogP contribution in [0.25, 0.3) is 0 Å². The molecular formula is C16H20N4O4. The second-order valence-corrected chi connectivity index (χ2v) is 5.50. The monoisotopic (exact) mass is 332 g/mol. The van der Waals surface area contributed by atoms with Crippen LogP contribution in [0.2, 0.25) is 0 Å². The number of morpholine rings is 1. The number of nitrogens with one attached hydrogen (secondary N) is 1. The molecule has 1 saturated heterocycles. The number of pyridine rings is 1. The number of rotatable bonds is 3. The van der Waals surface area contributed by atoms with E-state index in [4.69, 9.17) is 9.47 Å². The van der Waals surface area contributed by atoms with Crippen LogP contribution in [0.3, 0.4) is 0 Å². The highest BCUT2D eigenvalue weighted by Gasteiger charge is 2.42. The summed E-state index contributed by atoms with van der Waals surface area (Å²) in [5, 5.41) is 2.74. The van der Waals surface area contributed by atoms with Gasteiger partial charge in [0.25, 0.3) is 0 Å². The molecule has 0 spiro atoms. The number of hydrogen-bond donors (Lipinski definition) is 1. The van der Waals surface area contributed by atoms with Gasteiger partial charge in [0.2, 0.25) is 11.9 Å². The first-order valence-corrected chi connectivity index (χ1v) is 7.98. The molecule has 0 aromatic carbocycles. The van der Waals surface area contributed by atoms with Gasteiger partial charge in [-0.25, -0.2) is 4.99 Å².